The minimum absolute atomic E-state index is 0.0168. The van der Waals surface area contributed by atoms with E-state index in [1.54, 1.807) is 18.3 Å². The molecule has 2 aromatic carbocycles. The molecule has 5 rings (SSSR count). The van der Waals surface area contributed by atoms with Crippen LogP contribution < -0.4 is 0 Å². The van der Waals surface area contributed by atoms with Crippen LogP contribution in [-0.2, 0) is 13.1 Å². The molecule has 0 aliphatic carbocycles. The summed E-state index contributed by atoms with van der Waals surface area (Å²) in [5.74, 6) is -0.200. The third-order valence-corrected chi connectivity index (χ3v) is 6.15. The number of para-hydroxylation sites is 1. The Hall–Kier alpha value is -3.58. The van der Waals surface area contributed by atoms with Gasteiger partial charge < -0.3 is 4.90 Å². The number of piperazine rings is 1. The molecular weight excluding hydrogens is 417 g/mol. The van der Waals surface area contributed by atoms with Crippen molar-refractivity contribution in [2.75, 3.05) is 26.2 Å². The lowest BCUT2D eigenvalue weighted by Crippen LogP contribution is -2.48. The SMILES string of the molecule is CCn1cc(-c2cc(C(=O)N3CCN(Cc4cccc(F)c4)CC3)c3ccccc3n2)cn1. The van der Waals surface area contributed by atoms with E-state index in [1.165, 1.54) is 6.07 Å². The second-order valence-corrected chi connectivity index (χ2v) is 8.36. The highest BCUT2D eigenvalue weighted by atomic mass is 19.1. The van der Waals surface area contributed by atoms with Gasteiger partial charge in [0.1, 0.15) is 5.82 Å². The quantitative estimate of drug-likeness (QED) is 0.464. The number of hydrogen-bond donors (Lipinski definition) is 0. The number of benzene rings is 2. The van der Waals surface area contributed by atoms with Gasteiger partial charge in [0.25, 0.3) is 5.91 Å². The summed E-state index contributed by atoms with van der Waals surface area (Å²) in [6.07, 6.45) is 3.75. The number of nitrogens with zero attached hydrogens (tertiary/aromatic N) is 5. The number of carbonyl (C=O) groups is 1. The molecule has 1 fully saturated rings. The molecule has 0 atom stereocenters. The van der Waals surface area contributed by atoms with Gasteiger partial charge in [-0.1, -0.05) is 30.3 Å². The van der Waals surface area contributed by atoms with Crippen LogP contribution in [0.2, 0.25) is 0 Å². The number of rotatable bonds is 5. The first-order valence-corrected chi connectivity index (χ1v) is 11.3. The van der Waals surface area contributed by atoms with E-state index in [-0.39, 0.29) is 11.7 Å². The van der Waals surface area contributed by atoms with Crippen molar-refractivity contribution in [3.8, 4) is 11.3 Å². The van der Waals surface area contributed by atoms with Crippen LogP contribution in [0.15, 0.2) is 67.0 Å². The number of aromatic nitrogens is 3. The molecule has 1 aliphatic heterocycles. The molecule has 0 spiro atoms. The average molecular weight is 444 g/mol. The number of pyridine rings is 1. The van der Waals surface area contributed by atoms with Gasteiger partial charge in [-0.2, -0.15) is 5.10 Å². The molecule has 0 N–H and O–H groups in total. The Bertz CT molecular complexity index is 1290. The fourth-order valence-electron chi connectivity index (χ4n) is 4.34. The summed E-state index contributed by atoms with van der Waals surface area (Å²) in [4.78, 5) is 22.5. The van der Waals surface area contributed by atoms with Gasteiger partial charge in [-0.15, -0.1) is 0 Å². The normalized spacial score (nSPS) is 14.7. The first kappa shape index (κ1) is 21.3. The molecule has 33 heavy (non-hydrogen) atoms. The van der Waals surface area contributed by atoms with Crippen molar-refractivity contribution in [3.05, 3.63) is 83.9 Å². The molecule has 0 unspecified atom stereocenters. The lowest BCUT2D eigenvalue weighted by molar-refractivity contribution is 0.0630. The molecule has 2 aromatic heterocycles. The number of aryl methyl sites for hydroxylation is 1. The predicted molar refractivity (Wildman–Crippen MR) is 126 cm³/mol. The highest BCUT2D eigenvalue weighted by Gasteiger charge is 2.24. The number of carbonyl (C=O) groups excluding carboxylic acids is 1. The third kappa shape index (κ3) is 4.50. The highest BCUT2D eigenvalue weighted by Crippen LogP contribution is 2.26. The Kier molecular flexibility index (Phi) is 5.88. The number of halogens is 1. The van der Waals surface area contributed by atoms with Gasteiger partial charge in [0.15, 0.2) is 0 Å². The van der Waals surface area contributed by atoms with Crippen molar-refractivity contribution in [1.29, 1.82) is 0 Å². The molecule has 1 amide bonds. The van der Waals surface area contributed by atoms with Gasteiger partial charge in [-0.25, -0.2) is 9.37 Å². The van der Waals surface area contributed by atoms with E-state index < -0.39 is 0 Å². The lowest BCUT2D eigenvalue weighted by atomic mass is 10.0. The molecule has 1 aliphatic rings. The third-order valence-electron chi connectivity index (χ3n) is 6.15. The second kappa shape index (κ2) is 9.11. The van der Waals surface area contributed by atoms with Crippen LogP contribution >= 0.6 is 0 Å². The Morgan fingerprint density at radius 1 is 1.03 bits per heavy atom. The van der Waals surface area contributed by atoms with Gasteiger partial charge in [0.05, 0.1) is 23.0 Å². The maximum Gasteiger partial charge on any atom is 0.254 e. The Morgan fingerprint density at radius 3 is 2.61 bits per heavy atom. The second-order valence-electron chi connectivity index (χ2n) is 8.36. The van der Waals surface area contributed by atoms with Crippen LogP contribution in [0.4, 0.5) is 4.39 Å². The maximum atomic E-state index is 13.6. The van der Waals surface area contributed by atoms with Gasteiger partial charge in [0, 0.05) is 56.4 Å². The molecule has 6 nitrogen and oxygen atoms in total. The molecule has 1 saturated heterocycles. The smallest absolute Gasteiger partial charge is 0.254 e. The number of fused-ring (bicyclic) bond motifs is 1. The topological polar surface area (TPSA) is 54.3 Å². The number of hydrogen-bond acceptors (Lipinski definition) is 4. The van der Waals surface area contributed by atoms with E-state index in [0.29, 0.717) is 25.2 Å². The number of amides is 1. The molecule has 0 bridgehead atoms. The van der Waals surface area contributed by atoms with E-state index in [1.807, 2.05) is 59.1 Å². The van der Waals surface area contributed by atoms with E-state index in [4.69, 9.17) is 4.98 Å². The van der Waals surface area contributed by atoms with Crippen molar-refractivity contribution in [1.82, 2.24) is 24.6 Å². The van der Waals surface area contributed by atoms with Crippen molar-refractivity contribution in [2.24, 2.45) is 0 Å². The highest BCUT2D eigenvalue weighted by molar-refractivity contribution is 6.07. The summed E-state index contributed by atoms with van der Waals surface area (Å²) < 4.78 is 15.4. The van der Waals surface area contributed by atoms with Gasteiger partial charge >= 0.3 is 0 Å². The van der Waals surface area contributed by atoms with Gasteiger partial charge in [-0.05, 0) is 36.8 Å². The Balaban J connectivity index is 1.37. The molecular formula is C26H26FN5O. The summed E-state index contributed by atoms with van der Waals surface area (Å²) in [6, 6.07) is 16.4. The standard InChI is InChI=1S/C26H26FN5O/c1-2-32-18-20(16-28-32)25-15-23(22-8-3-4-9-24(22)29-25)26(33)31-12-10-30(11-13-31)17-19-6-5-7-21(27)14-19/h3-9,14-16,18H,2,10-13,17H2,1H3. The Labute approximate surface area is 192 Å². The van der Waals surface area contributed by atoms with Crippen molar-refractivity contribution < 1.29 is 9.18 Å². The molecule has 4 aromatic rings. The molecule has 3 heterocycles. The van der Waals surface area contributed by atoms with Crippen molar-refractivity contribution in [3.63, 3.8) is 0 Å². The van der Waals surface area contributed by atoms with Crippen LogP contribution in [0.1, 0.15) is 22.8 Å². The summed E-state index contributed by atoms with van der Waals surface area (Å²) in [6.45, 7) is 6.26. The van der Waals surface area contributed by atoms with Crippen LogP contribution in [0.3, 0.4) is 0 Å². The average Bonchev–Trinajstić information content (AvgIpc) is 3.33. The van der Waals surface area contributed by atoms with Crippen molar-refractivity contribution in [2.45, 2.75) is 20.0 Å². The summed E-state index contributed by atoms with van der Waals surface area (Å²) in [5, 5.41) is 5.21. The summed E-state index contributed by atoms with van der Waals surface area (Å²) >= 11 is 0. The van der Waals surface area contributed by atoms with Crippen molar-refractivity contribution >= 4 is 16.8 Å². The lowest BCUT2D eigenvalue weighted by Gasteiger charge is -2.35. The molecule has 7 heteroatoms. The fraction of sp³-hybridized carbons (Fsp3) is 0.269. The molecule has 0 radical (unpaired) electrons. The zero-order valence-electron chi connectivity index (χ0n) is 18.6. The largest absolute Gasteiger partial charge is 0.336 e. The van der Waals surface area contributed by atoms with Crippen LogP contribution in [0.25, 0.3) is 22.2 Å². The van der Waals surface area contributed by atoms with E-state index >= 15 is 0 Å². The zero-order valence-corrected chi connectivity index (χ0v) is 18.6. The van der Waals surface area contributed by atoms with Gasteiger partial charge in [0.2, 0.25) is 0 Å². The maximum absolute atomic E-state index is 13.6. The molecule has 168 valence electrons. The van der Waals surface area contributed by atoms with Crippen LogP contribution in [-0.4, -0.2) is 56.7 Å². The predicted octanol–water partition coefficient (Wildman–Crippen LogP) is 4.22. The van der Waals surface area contributed by atoms with E-state index in [2.05, 4.69) is 10.00 Å². The first-order valence-electron chi connectivity index (χ1n) is 11.3. The monoisotopic (exact) mass is 443 g/mol. The fourth-order valence-corrected chi connectivity index (χ4v) is 4.34. The zero-order chi connectivity index (χ0) is 22.8. The van der Waals surface area contributed by atoms with Crippen LogP contribution in [0.5, 0.6) is 0 Å². The minimum atomic E-state index is -0.217. The first-order chi connectivity index (χ1) is 16.1. The van der Waals surface area contributed by atoms with Gasteiger partial charge in [-0.3, -0.25) is 14.4 Å². The van der Waals surface area contributed by atoms with E-state index in [0.717, 1.165) is 47.4 Å². The Morgan fingerprint density at radius 2 is 1.85 bits per heavy atom. The minimum Gasteiger partial charge on any atom is -0.336 e. The molecule has 0 saturated carbocycles. The van der Waals surface area contributed by atoms with E-state index in [9.17, 15) is 9.18 Å². The summed E-state index contributed by atoms with van der Waals surface area (Å²) in [5.41, 5.74) is 4.07. The van der Waals surface area contributed by atoms with Crippen LogP contribution in [0, 0.1) is 5.82 Å². The summed E-state index contributed by atoms with van der Waals surface area (Å²) in [7, 11) is 0.